The van der Waals surface area contributed by atoms with Gasteiger partial charge in [-0.05, 0) is 12.8 Å². The highest BCUT2D eigenvalue weighted by Gasteiger charge is 2.18. The molecule has 1 unspecified atom stereocenters. The molecule has 1 fully saturated rings. The van der Waals surface area contributed by atoms with Crippen molar-refractivity contribution in [3.63, 3.8) is 0 Å². The highest BCUT2D eigenvalue weighted by atomic mass is 28.3. The fourth-order valence-electron chi connectivity index (χ4n) is 1.99. The maximum absolute atomic E-state index is 3.91. The second kappa shape index (κ2) is 5.61. The Morgan fingerprint density at radius 1 is 1.31 bits per heavy atom. The maximum Gasteiger partial charge on any atom is 0.0675 e. The van der Waals surface area contributed by atoms with Gasteiger partial charge in [0.25, 0.3) is 0 Å². The minimum Gasteiger partial charge on any atom is -0.311 e. The van der Waals surface area contributed by atoms with Crippen molar-refractivity contribution < 1.29 is 0 Å². The molecule has 1 atom stereocenters. The summed E-state index contributed by atoms with van der Waals surface area (Å²) < 4.78 is 0. The Hall–Kier alpha value is -0.0831. The molecular weight excluding hydrogens is 174 g/mol. The van der Waals surface area contributed by atoms with Crippen LogP contribution in [0.3, 0.4) is 0 Å². The lowest BCUT2D eigenvalue weighted by Gasteiger charge is -2.28. The van der Waals surface area contributed by atoms with Crippen LogP contribution in [0.1, 0.15) is 32.1 Å². The lowest BCUT2D eigenvalue weighted by molar-refractivity contribution is 0.375. The zero-order valence-electron chi connectivity index (χ0n) is 8.97. The lowest BCUT2D eigenvalue weighted by atomic mass is 9.95. The fraction of sp³-hybridized carbons (Fsp3) is 0.818. The molecule has 0 aromatic rings. The predicted octanol–water partition coefficient (Wildman–Crippen LogP) is 2.76. The first kappa shape index (κ1) is 11.0. The molecule has 75 valence electrons. The molecule has 1 N–H and O–H groups in total. The molecule has 1 aliphatic carbocycles. The van der Waals surface area contributed by atoms with Gasteiger partial charge in [-0.1, -0.05) is 38.4 Å². The quantitative estimate of drug-likeness (QED) is 0.538. The predicted molar refractivity (Wildman–Crippen MR) is 61.5 cm³/mol. The van der Waals surface area contributed by atoms with Gasteiger partial charge in [0.15, 0.2) is 0 Å². The van der Waals surface area contributed by atoms with Gasteiger partial charge in [0.2, 0.25) is 0 Å². The van der Waals surface area contributed by atoms with Gasteiger partial charge in [-0.15, -0.1) is 6.58 Å². The Morgan fingerprint density at radius 3 is 2.38 bits per heavy atom. The van der Waals surface area contributed by atoms with Gasteiger partial charge in [-0.25, -0.2) is 0 Å². The van der Waals surface area contributed by atoms with Crippen LogP contribution in [0, 0.1) is 0 Å². The van der Waals surface area contributed by atoms with Crippen molar-refractivity contribution in [2.24, 2.45) is 0 Å². The maximum atomic E-state index is 3.91. The summed E-state index contributed by atoms with van der Waals surface area (Å²) in [6.07, 6.45) is 9.11. The fourth-order valence-corrected chi connectivity index (χ4v) is 3.03. The van der Waals surface area contributed by atoms with Crippen molar-refractivity contribution in [1.29, 1.82) is 0 Å². The molecule has 1 nitrogen and oxygen atoms in total. The molecule has 0 aromatic heterocycles. The molecule has 0 saturated heterocycles. The van der Waals surface area contributed by atoms with Gasteiger partial charge >= 0.3 is 0 Å². The molecule has 0 amide bonds. The van der Waals surface area contributed by atoms with Crippen molar-refractivity contribution in [3.8, 4) is 0 Å². The third-order valence-corrected chi connectivity index (χ3v) is 4.52. The van der Waals surface area contributed by atoms with Gasteiger partial charge in [0.05, 0.1) is 8.80 Å². The molecular formula is C11H22NSi. The molecule has 0 aromatic carbocycles. The van der Waals surface area contributed by atoms with Gasteiger partial charge in [-0.3, -0.25) is 0 Å². The number of hydrogen-bond acceptors (Lipinski definition) is 1. The van der Waals surface area contributed by atoms with E-state index in [2.05, 4.69) is 31.1 Å². The Labute approximate surface area is 84.2 Å². The van der Waals surface area contributed by atoms with Crippen LogP contribution in [0.2, 0.25) is 13.1 Å². The van der Waals surface area contributed by atoms with E-state index in [0.29, 0.717) is 5.67 Å². The first-order valence-electron chi connectivity index (χ1n) is 5.42. The molecule has 1 saturated carbocycles. The second-order valence-corrected chi connectivity index (χ2v) is 7.07. The van der Waals surface area contributed by atoms with E-state index in [9.17, 15) is 0 Å². The summed E-state index contributed by atoms with van der Waals surface area (Å²) in [5, 5.41) is 3.73. The summed E-state index contributed by atoms with van der Waals surface area (Å²) in [4.78, 5) is 0. The van der Waals surface area contributed by atoms with E-state index in [1.54, 1.807) is 0 Å². The highest BCUT2D eigenvalue weighted by Crippen LogP contribution is 2.18. The van der Waals surface area contributed by atoms with Gasteiger partial charge in [0, 0.05) is 11.7 Å². The van der Waals surface area contributed by atoms with Crippen LogP contribution in [0.25, 0.3) is 0 Å². The van der Waals surface area contributed by atoms with E-state index in [-0.39, 0.29) is 8.80 Å². The second-order valence-electron chi connectivity index (χ2n) is 4.29. The van der Waals surface area contributed by atoms with E-state index >= 15 is 0 Å². The van der Waals surface area contributed by atoms with Crippen molar-refractivity contribution >= 4 is 8.80 Å². The normalized spacial score (nSPS) is 21.8. The summed E-state index contributed by atoms with van der Waals surface area (Å²) in [5.74, 6) is 0. The van der Waals surface area contributed by atoms with Crippen LogP contribution in [-0.4, -0.2) is 20.5 Å². The third-order valence-electron chi connectivity index (χ3n) is 2.88. The smallest absolute Gasteiger partial charge is 0.0675 e. The number of rotatable bonds is 4. The largest absolute Gasteiger partial charge is 0.311 e. The lowest BCUT2D eigenvalue weighted by Crippen LogP contribution is -2.44. The molecule has 1 rings (SSSR count). The van der Waals surface area contributed by atoms with Crippen LogP contribution >= 0.6 is 0 Å². The Bertz CT molecular complexity index is 150. The molecule has 1 radical (unpaired) electrons. The van der Waals surface area contributed by atoms with Crippen LogP contribution in [0.4, 0.5) is 0 Å². The molecule has 2 heteroatoms. The summed E-state index contributed by atoms with van der Waals surface area (Å²) in [7, 11) is -0.252. The van der Waals surface area contributed by atoms with Crippen LogP contribution in [0.15, 0.2) is 12.7 Å². The minimum absolute atomic E-state index is 0.252. The monoisotopic (exact) mass is 196 g/mol. The zero-order chi connectivity index (χ0) is 9.68. The molecule has 1 aliphatic rings. The summed E-state index contributed by atoms with van der Waals surface area (Å²) >= 11 is 0. The first-order valence-corrected chi connectivity index (χ1v) is 8.00. The minimum atomic E-state index is -0.252. The van der Waals surface area contributed by atoms with Crippen LogP contribution in [0.5, 0.6) is 0 Å². The summed E-state index contributed by atoms with van der Waals surface area (Å²) in [6.45, 7) is 8.62. The summed E-state index contributed by atoms with van der Waals surface area (Å²) in [5.41, 5.74) is 0.605. The molecule has 0 spiro atoms. The van der Waals surface area contributed by atoms with Crippen LogP contribution in [-0.2, 0) is 0 Å². The van der Waals surface area contributed by atoms with Crippen molar-refractivity contribution in [2.45, 2.75) is 56.9 Å². The Morgan fingerprint density at radius 2 is 1.92 bits per heavy atom. The van der Waals surface area contributed by atoms with E-state index < -0.39 is 0 Å². The third kappa shape index (κ3) is 3.65. The Balaban J connectivity index is 2.31. The average Bonchev–Trinajstić information content (AvgIpc) is 2.15. The number of hydrogen-bond donors (Lipinski definition) is 1. The molecule has 0 aliphatic heterocycles. The molecule has 13 heavy (non-hydrogen) atoms. The number of nitrogens with one attached hydrogen (secondary N) is 1. The standard InChI is InChI=1S/C11H22NSi/c1-4-11(13(2)3)12-10-8-6-5-7-9-10/h4,10-12H,1,5-9H2,2-3H3. The Kier molecular flexibility index (Phi) is 4.74. The summed E-state index contributed by atoms with van der Waals surface area (Å²) in [6, 6.07) is 0.775. The molecule has 0 bridgehead atoms. The van der Waals surface area contributed by atoms with E-state index in [1.807, 2.05) is 0 Å². The first-order chi connectivity index (χ1) is 6.24. The van der Waals surface area contributed by atoms with Crippen molar-refractivity contribution in [1.82, 2.24) is 5.32 Å². The topological polar surface area (TPSA) is 12.0 Å². The van der Waals surface area contributed by atoms with Gasteiger partial charge in [0.1, 0.15) is 0 Å². The SMILES string of the molecule is C=CC(NC1CCCCC1)[Si](C)C. The molecule has 0 heterocycles. The van der Waals surface area contributed by atoms with Gasteiger partial charge < -0.3 is 5.32 Å². The van der Waals surface area contributed by atoms with Gasteiger partial charge in [-0.2, -0.15) is 0 Å². The van der Waals surface area contributed by atoms with Crippen LogP contribution < -0.4 is 5.32 Å². The van der Waals surface area contributed by atoms with E-state index in [4.69, 9.17) is 0 Å². The van der Waals surface area contributed by atoms with E-state index in [0.717, 1.165) is 6.04 Å². The average molecular weight is 196 g/mol. The highest BCUT2D eigenvalue weighted by molar-refractivity contribution is 6.58. The zero-order valence-corrected chi connectivity index (χ0v) is 9.97. The van der Waals surface area contributed by atoms with E-state index in [1.165, 1.54) is 32.1 Å². The van der Waals surface area contributed by atoms with Crippen molar-refractivity contribution in [3.05, 3.63) is 12.7 Å². The van der Waals surface area contributed by atoms with Crippen molar-refractivity contribution in [2.75, 3.05) is 0 Å².